The van der Waals surface area contributed by atoms with Crippen LogP contribution in [0, 0.1) is 5.82 Å². The third kappa shape index (κ3) is 1.96. The number of hydrogen-bond acceptors (Lipinski definition) is 3. The van der Waals surface area contributed by atoms with Crippen LogP contribution < -0.4 is 5.32 Å². The van der Waals surface area contributed by atoms with Crippen molar-refractivity contribution in [3.05, 3.63) is 35.8 Å². The molecule has 17 heavy (non-hydrogen) atoms. The van der Waals surface area contributed by atoms with E-state index in [1.807, 2.05) is 0 Å². The first kappa shape index (κ1) is 11.8. The quantitative estimate of drug-likeness (QED) is 0.832. The van der Waals surface area contributed by atoms with Crippen molar-refractivity contribution in [2.24, 2.45) is 0 Å². The fourth-order valence-corrected chi connectivity index (χ4v) is 1.56. The first-order valence-electron chi connectivity index (χ1n) is 5.37. The van der Waals surface area contributed by atoms with E-state index in [4.69, 9.17) is 4.42 Å². The standard InChI is InChI=1S/C13H14FNO2/c1-13(2,15-3)12(16)10-7-8-5-4-6-9(14)11(8)17-10/h4-7,15H,1-3H3. The predicted molar refractivity (Wildman–Crippen MR) is 63.6 cm³/mol. The van der Waals surface area contributed by atoms with Gasteiger partial charge in [-0.15, -0.1) is 0 Å². The molecule has 1 aromatic heterocycles. The number of para-hydroxylation sites is 1. The van der Waals surface area contributed by atoms with Gasteiger partial charge in [0.2, 0.25) is 5.78 Å². The lowest BCUT2D eigenvalue weighted by Crippen LogP contribution is -2.44. The van der Waals surface area contributed by atoms with Crippen molar-refractivity contribution in [2.45, 2.75) is 19.4 Å². The van der Waals surface area contributed by atoms with E-state index in [9.17, 15) is 9.18 Å². The highest BCUT2D eigenvalue weighted by Gasteiger charge is 2.29. The van der Waals surface area contributed by atoms with Crippen molar-refractivity contribution in [1.82, 2.24) is 5.32 Å². The number of carbonyl (C=O) groups excluding carboxylic acids is 1. The molecule has 2 aromatic rings. The van der Waals surface area contributed by atoms with Crippen LogP contribution in [0.5, 0.6) is 0 Å². The molecule has 0 saturated heterocycles. The molecular formula is C13H14FNO2. The van der Waals surface area contributed by atoms with E-state index in [0.29, 0.717) is 5.39 Å². The molecule has 0 saturated carbocycles. The van der Waals surface area contributed by atoms with Gasteiger partial charge in [0.25, 0.3) is 0 Å². The molecule has 0 fully saturated rings. The summed E-state index contributed by atoms with van der Waals surface area (Å²) < 4.78 is 18.7. The molecule has 0 aliphatic rings. The molecule has 2 rings (SSSR count). The Morgan fingerprint density at radius 1 is 1.41 bits per heavy atom. The van der Waals surface area contributed by atoms with E-state index >= 15 is 0 Å². The Hall–Kier alpha value is -1.68. The summed E-state index contributed by atoms with van der Waals surface area (Å²) in [7, 11) is 1.70. The molecular weight excluding hydrogens is 221 g/mol. The van der Waals surface area contributed by atoms with Crippen LogP contribution >= 0.6 is 0 Å². The van der Waals surface area contributed by atoms with Crippen LogP contribution in [0.2, 0.25) is 0 Å². The van der Waals surface area contributed by atoms with Crippen LogP contribution in [0.15, 0.2) is 28.7 Å². The largest absolute Gasteiger partial charge is 0.450 e. The van der Waals surface area contributed by atoms with Crippen LogP contribution in [0.1, 0.15) is 24.4 Å². The number of Topliss-reactive ketones (excluding diaryl/α,β-unsaturated/α-hetero) is 1. The maximum absolute atomic E-state index is 13.4. The molecule has 0 atom stereocenters. The Morgan fingerprint density at radius 3 is 2.71 bits per heavy atom. The zero-order chi connectivity index (χ0) is 12.6. The van der Waals surface area contributed by atoms with Crippen molar-refractivity contribution in [2.75, 3.05) is 7.05 Å². The third-order valence-electron chi connectivity index (χ3n) is 2.91. The molecule has 0 bridgehead atoms. The molecule has 0 amide bonds. The number of hydrogen-bond donors (Lipinski definition) is 1. The Labute approximate surface area is 98.6 Å². The predicted octanol–water partition coefficient (Wildman–Crippen LogP) is 2.75. The van der Waals surface area contributed by atoms with Crippen molar-refractivity contribution in [3.63, 3.8) is 0 Å². The van der Waals surface area contributed by atoms with Crippen molar-refractivity contribution >= 4 is 16.8 Å². The summed E-state index contributed by atoms with van der Waals surface area (Å²) in [6.07, 6.45) is 0. The van der Waals surface area contributed by atoms with Gasteiger partial charge in [0.15, 0.2) is 17.2 Å². The lowest BCUT2D eigenvalue weighted by Gasteiger charge is -2.20. The highest BCUT2D eigenvalue weighted by molar-refractivity contribution is 6.03. The number of nitrogens with one attached hydrogen (secondary N) is 1. The highest BCUT2D eigenvalue weighted by Crippen LogP contribution is 2.24. The Bertz CT molecular complexity index is 572. The number of benzene rings is 1. The number of carbonyl (C=O) groups is 1. The minimum absolute atomic E-state index is 0.128. The minimum Gasteiger partial charge on any atom is -0.450 e. The summed E-state index contributed by atoms with van der Waals surface area (Å²) in [6, 6.07) is 6.18. The second-order valence-corrected chi connectivity index (χ2v) is 4.47. The van der Waals surface area contributed by atoms with Crippen LogP contribution in [0.3, 0.4) is 0 Å². The molecule has 4 heteroatoms. The molecule has 1 aromatic carbocycles. The number of ketones is 1. The van der Waals surface area contributed by atoms with Gasteiger partial charge in [-0.05, 0) is 33.0 Å². The van der Waals surface area contributed by atoms with Gasteiger partial charge in [-0.25, -0.2) is 4.39 Å². The molecule has 0 unspecified atom stereocenters. The lowest BCUT2D eigenvalue weighted by atomic mass is 9.97. The third-order valence-corrected chi connectivity index (χ3v) is 2.91. The Balaban J connectivity index is 2.51. The van der Waals surface area contributed by atoms with E-state index < -0.39 is 11.4 Å². The van der Waals surface area contributed by atoms with E-state index in [-0.39, 0.29) is 17.1 Å². The Morgan fingerprint density at radius 2 is 2.12 bits per heavy atom. The molecule has 0 aliphatic carbocycles. The summed E-state index contributed by atoms with van der Waals surface area (Å²) in [5, 5.41) is 3.49. The van der Waals surface area contributed by atoms with Gasteiger partial charge in [0.1, 0.15) is 0 Å². The zero-order valence-electron chi connectivity index (χ0n) is 10.0. The topological polar surface area (TPSA) is 42.2 Å². The summed E-state index contributed by atoms with van der Waals surface area (Å²) in [6.45, 7) is 3.50. The van der Waals surface area contributed by atoms with Crippen LogP contribution in [-0.4, -0.2) is 18.4 Å². The van der Waals surface area contributed by atoms with Gasteiger partial charge in [0, 0.05) is 5.39 Å². The van der Waals surface area contributed by atoms with Crippen molar-refractivity contribution < 1.29 is 13.6 Å². The maximum Gasteiger partial charge on any atom is 0.217 e. The number of fused-ring (bicyclic) bond motifs is 1. The molecule has 0 aliphatic heterocycles. The summed E-state index contributed by atoms with van der Waals surface area (Å²) in [4.78, 5) is 12.1. The molecule has 1 N–H and O–H groups in total. The SMILES string of the molecule is CNC(C)(C)C(=O)c1cc2cccc(F)c2o1. The Kier molecular flexibility index (Phi) is 2.75. The van der Waals surface area contributed by atoms with Gasteiger partial charge in [-0.2, -0.15) is 0 Å². The number of furan rings is 1. The molecule has 0 spiro atoms. The first-order valence-corrected chi connectivity index (χ1v) is 5.37. The maximum atomic E-state index is 13.4. The zero-order valence-corrected chi connectivity index (χ0v) is 10.0. The fourth-order valence-electron chi connectivity index (χ4n) is 1.56. The molecule has 3 nitrogen and oxygen atoms in total. The van der Waals surface area contributed by atoms with Crippen LogP contribution in [-0.2, 0) is 0 Å². The van der Waals surface area contributed by atoms with E-state index in [0.717, 1.165) is 0 Å². The second-order valence-electron chi connectivity index (χ2n) is 4.47. The van der Waals surface area contributed by atoms with Gasteiger partial charge >= 0.3 is 0 Å². The summed E-state index contributed by atoms with van der Waals surface area (Å²) >= 11 is 0. The smallest absolute Gasteiger partial charge is 0.217 e. The normalized spacial score (nSPS) is 12.0. The van der Waals surface area contributed by atoms with E-state index in [1.54, 1.807) is 39.1 Å². The lowest BCUT2D eigenvalue weighted by molar-refractivity contribution is 0.0862. The fraction of sp³-hybridized carbons (Fsp3) is 0.308. The average Bonchev–Trinajstić information content (AvgIpc) is 2.73. The average molecular weight is 235 g/mol. The van der Waals surface area contributed by atoms with Gasteiger partial charge in [-0.1, -0.05) is 12.1 Å². The molecule has 0 radical (unpaired) electrons. The number of rotatable bonds is 3. The summed E-state index contributed by atoms with van der Waals surface area (Å²) in [5.74, 6) is -0.483. The monoisotopic (exact) mass is 235 g/mol. The van der Waals surface area contributed by atoms with E-state index in [2.05, 4.69) is 5.32 Å². The van der Waals surface area contributed by atoms with Crippen molar-refractivity contribution in [3.8, 4) is 0 Å². The van der Waals surface area contributed by atoms with Gasteiger partial charge < -0.3 is 9.73 Å². The first-order chi connectivity index (χ1) is 7.95. The molecule has 1 heterocycles. The number of likely N-dealkylation sites (N-methyl/N-ethyl adjacent to an activating group) is 1. The van der Waals surface area contributed by atoms with E-state index in [1.165, 1.54) is 6.07 Å². The van der Waals surface area contributed by atoms with Crippen LogP contribution in [0.25, 0.3) is 11.0 Å². The number of halogens is 1. The summed E-state index contributed by atoms with van der Waals surface area (Å²) in [5.41, 5.74) is -0.604. The molecule has 90 valence electrons. The van der Waals surface area contributed by atoms with Crippen molar-refractivity contribution in [1.29, 1.82) is 0 Å². The van der Waals surface area contributed by atoms with Gasteiger partial charge in [-0.3, -0.25) is 4.79 Å². The van der Waals surface area contributed by atoms with Crippen LogP contribution in [0.4, 0.5) is 4.39 Å². The minimum atomic E-state index is -0.732. The highest BCUT2D eigenvalue weighted by atomic mass is 19.1. The van der Waals surface area contributed by atoms with Gasteiger partial charge in [0.05, 0.1) is 5.54 Å². The second kappa shape index (κ2) is 3.96.